The Balaban J connectivity index is 2.01. The van der Waals surface area contributed by atoms with Gasteiger partial charge in [0.25, 0.3) is 10.0 Å². The number of carbonyl (C=O) groups is 2. The van der Waals surface area contributed by atoms with E-state index in [9.17, 15) is 18.0 Å². The number of nitrogens with zero attached hydrogens (tertiary/aromatic N) is 2. The summed E-state index contributed by atoms with van der Waals surface area (Å²) in [5.41, 5.74) is 2.09. The molecule has 0 radical (unpaired) electrons. The maximum atomic E-state index is 14.0. The van der Waals surface area contributed by atoms with E-state index in [0.29, 0.717) is 11.4 Å². The predicted octanol–water partition coefficient (Wildman–Crippen LogP) is 5.25. The molecule has 8 nitrogen and oxygen atoms in total. The molecule has 3 aromatic rings. The van der Waals surface area contributed by atoms with Crippen LogP contribution >= 0.6 is 11.8 Å². The number of ether oxygens (including phenoxy) is 1. The average molecular weight is 598 g/mol. The van der Waals surface area contributed by atoms with Gasteiger partial charge < -0.3 is 15.0 Å². The molecule has 2 amide bonds. The smallest absolute Gasteiger partial charge is 0.264 e. The van der Waals surface area contributed by atoms with Crippen LogP contribution in [0.5, 0.6) is 5.75 Å². The number of hydrogen-bond acceptors (Lipinski definition) is 6. The molecule has 2 atom stereocenters. The quantitative estimate of drug-likeness (QED) is 0.270. The second kappa shape index (κ2) is 14.4. The fourth-order valence-corrected chi connectivity index (χ4v) is 5.91. The standard InChI is InChI=1S/C31H39N3O5S2/c1-7-23(3)32-31(36)24(4)33(20-25-10-14-27(39-5)15-11-25)30(35)21-34(26-12-8-22(2)9-13-26)41(37,38)29-18-16-28(40-6)17-19-29/h8-19,23-24H,7,20-21H2,1-6H3,(H,32,36)/t23-,24-/m0/s1. The van der Waals surface area contributed by atoms with E-state index in [0.717, 1.165) is 26.7 Å². The minimum absolute atomic E-state index is 0.0726. The molecule has 3 rings (SSSR count). The van der Waals surface area contributed by atoms with Crippen molar-refractivity contribution in [1.29, 1.82) is 0 Å². The van der Waals surface area contributed by atoms with Crippen LogP contribution in [0.3, 0.4) is 0 Å². The van der Waals surface area contributed by atoms with Crippen molar-refractivity contribution in [3.63, 3.8) is 0 Å². The highest BCUT2D eigenvalue weighted by molar-refractivity contribution is 7.98. The molecular weight excluding hydrogens is 558 g/mol. The van der Waals surface area contributed by atoms with E-state index in [4.69, 9.17) is 4.74 Å². The summed E-state index contributed by atoms with van der Waals surface area (Å²) in [6.07, 6.45) is 2.65. The molecule has 220 valence electrons. The van der Waals surface area contributed by atoms with Crippen molar-refractivity contribution in [3.05, 3.63) is 83.9 Å². The van der Waals surface area contributed by atoms with Gasteiger partial charge in [-0.2, -0.15) is 0 Å². The largest absolute Gasteiger partial charge is 0.497 e. The Labute approximate surface area is 248 Å². The van der Waals surface area contributed by atoms with Crippen molar-refractivity contribution < 1.29 is 22.7 Å². The maximum absolute atomic E-state index is 14.0. The lowest BCUT2D eigenvalue weighted by Crippen LogP contribution is -2.52. The van der Waals surface area contributed by atoms with Gasteiger partial charge in [0.15, 0.2) is 0 Å². The van der Waals surface area contributed by atoms with Crippen molar-refractivity contribution in [2.45, 2.75) is 62.5 Å². The number of methoxy groups -OCH3 is 1. The predicted molar refractivity (Wildman–Crippen MR) is 165 cm³/mol. The summed E-state index contributed by atoms with van der Waals surface area (Å²) in [4.78, 5) is 29.6. The molecule has 41 heavy (non-hydrogen) atoms. The lowest BCUT2D eigenvalue weighted by atomic mass is 10.1. The minimum atomic E-state index is -4.11. The van der Waals surface area contributed by atoms with Crippen LogP contribution in [0.1, 0.15) is 38.3 Å². The lowest BCUT2D eigenvalue weighted by molar-refractivity contribution is -0.139. The average Bonchev–Trinajstić information content (AvgIpc) is 2.98. The van der Waals surface area contributed by atoms with Crippen LogP contribution in [0.4, 0.5) is 5.69 Å². The number of thioether (sulfide) groups is 1. The van der Waals surface area contributed by atoms with Gasteiger partial charge in [0, 0.05) is 17.5 Å². The summed E-state index contributed by atoms with van der Waals surface area (Å²) in [7, 11) is -2.54. The van der Waals surface area contributed by atoms with Crippen molar-refractivity contribution in [2.75, 3.05) is 24.2 Å². The van der Waals surface area contributed by atoms with E-state index >= 15 is 0 Å². The van der Waals surface area contributed by atoms with E-state index in [-0.39, 0.29) is 23.4 Å². The third-order valence-corrected chi connectivity index (χ3v) is 9.46. The first-order valence-electron chi connectivity index (χ1n) is 13.5. The first-order valence-corrected chi connectivity index (χ1v) is 16.1. The number of anilines is 1. The molecule has 0 spiro atoms. The number of amides is 2. The Morgan fingerprint density at radius 1 is 0.951 bits per heavy atom. The van der Waals surface area contributed by atoms with Crippen molar-refractivity contribution in [2.24, 2.45) is 0 Å². The molecule has 3 aromatic carbocycles. The Bertz CT molecular complexity index is 1410. The van der Waals surface area contributed by atoms with E-state index in [1.165, 1.54) is 16.7 Å². The summed E-state index contributed by atoms with van der Waals surface area (Å²) in [5, 5.41) is 2.94. The van der Waals surface area contributed by atoms with Gasteiger partial charge in [-0.15, -0.1) is 11.8 Å². The van der Waals surface area contributed by atoms with Crippen LogP contribution < -0.4 is 14.4 Å². The number of aryl methyl sites for hydroxylation is 1. The van der Waals surface area contributed by atoms with Gasteiger partial charge in [-0.05, 0) is 87.5 Å². The van der Waals surface area contributed by atoms with E-state index in [2.05, 4.69) is 5.32 Å². The zero-order valence-electron chi connectivity index (χ0n) is 24.5. The molecule has 0 aliphatic heterocycles. The number of carbonyl (C=O) groups excluding carboxylic acids is 2. The fraction of sp³-hybridized carbons (Fsp3) is 0.355. The van der Waals surface area contributed by atoms with Crippen LogP contribution in [-0.2, 0) is 26.2 Å². The second-order valence-corrected chi connectivity index (χ2v) is 12.6. The molecule has 0 fully saturated rings. The molecule has 0 bridgehead atoms. The molecule has 1 N–H and O–H groups in total. The van der Waals surface area contributed by atoms with Crippen LogP contribution in [-0.4, -0.2) is 57.1 Å². The summed E-state index contributed by atoms with van der Waals surface area (Å²) < 4.78 is 34.3. The van der Waals surface area contributed by atoms with Gasteiger partial charge in [-0.25, -0.2) is 8.42 Å². The Kier molecular flexibility index (Phi) is 11.3. The zero-order valence-corrected chi connectivity index (χ0v) is 26.1. The summed E-state index contributed by atoms with van der Waals surface area (Å²) >= 11 is 1.51. The Morgan fingerprint density at radius 3 is 2.10 bits per heavy atom. The molecule has 0 saturated carbocycles. The minimum Gasteiger partial charge on any atom is -0.497 e. The third kappa shape index (κ3) is 8.27. The van der Waals surface area contributed by atoms with Gasteiger partial charge in [-0.1, -0.05) is 36.8 Å². The Morgan fingerprint density at radius 2 is 1.56 bits per heavy atom. The molecule has 0 aromatic heterocycles. The van der Waals surface area contributed by atoms with Gasteiger partial charge in [0.05, 0.1) is 17.7 Å². The number of rotatable bonds is 13. The maximum Gasteiger partial charge on any atom is 0.264 e. The molecule has 0 aliphatic carbocycles. The summed E-state index contributed by atoms with van der Waals surface area (Å²) in [6, 6.07) is 19.8. The van der Waals surface area contributed by atoms with Gasteiger partial charge in [-0.3, -0.25) is 13.9 Å². The van der Waals surface area contributed by atoms with Gasteiger partial charge in [0.1, 0.15) is 18.3 Å². The molecule has 0 unspecified atom stereocenters. The van der Waals surface area contributed by atoms with Crippen LogP contribution in [0.15, 0.2) is 82.6 Å². The van der Waals surface area contributed by atoms with Gasteiger partial charge >= 0.3 is 0 Å². The normalized spacial score (nSPS) is 12.7. The first-order chi connectivity index (χ1) is 19.5. The highest BCUT2D eigenvalue weighted by atomic mass is 32.2. The van der Waals surface area contributed by atoms with Crippen molar-refractivity contribution >= 4 is 39.3 Å². The topological polar surface area (TPSA) is 96.0 Å². The molecule has 0 heterocycles. The molecule has 0 aliphatic rings. The summed E-state index contributed by atoms with van der Waals surface area (Å²) in [6.45, 7) is 7.06. The lowest BCUT2D eigenvalue weighted by Gasteiger charge is -2.32. The van der Waals surface area contributed by atoms with Crippen molar-refractivity contribution in [1.82, 2.24) is 10.2 Å². The highest BCUT2D eigenvalue weighted by Gasteiger charge is 2.32. The number of sulfonamides is 1. The molecular formula is C31H39N3O5S2. The van der Waals surface area contributed by atoms with E-state index < -0.39 is 28.5 Å². The second-order valence-electron chi connectivity index (χ2n) is 9.89. The summed E-state index contributed by atoms with van der Waals surface area (Å²) in [5.74, 6) is -0.144. The number of nitrogens with one attached hydrogen (secondary N) is 1. The highest BCUT2D eigenvalue weighted by Crippen LogP contribution is 2.26. The monoisotopic (exact) mass is 597 g/mol. The third-order valence-electron chi connectivity index (χ3n) is 6.93. The molecule has 0 saturated heterocycles. The fourth-order valence-electron chi connectivity index (χ4n) is 4.09. The van der Waals surface area contributed by atoms with Gasteiger partial charge in [0.2, 0.25) is 11.8 Å². The van der Waals surface area contributed by atoms with Crippen LogP contribution in [0.2, 0.25) is 0 Å². The first kappa shape index (κ1) is 32.0. The zero-order chi connectivity index (χ0) is 30.2. The number of benzene rings is 3. The van der Waals surface area contributed by atoms with Crippen molar-refractivity contribution in [3.8, 4) is 5.75 Å². The van der Waals surface area contributed by atoms with E-state index in [1.807, 2.05) is 39.2 Å². The van der Waals surface area contributed by atoms with Crippen LogP contribution in [0.25, 0.3) is 0 Å². The Hall–Kier alpha value is -3.50. The van der Waals surface area contributed by atoms with Crippen LogP contribution in [0, 0.1) is 6.92 Å². The number of hydrogen-bond donors (Lipinski definition) is 1. The SMILES string of the molecule is CC[C@H](C)NC(=O)[C@H](C)N(Cc1ccc(OC)cc1)C(=O)CN(c1ccc(C)cc1)S(=O)(=O)c1ccc(SC)cc1. The van der Waals surface area contributed by atoms with E-state index in [1.54, 1.807) is 74.7 Å². The molecule has 10 heteroatoms.